The maximum absolute atomic E-state index is 12.8. The third-order valence-electron chi connectivity index (χ3n) is 2.01. The van der Waals surface area contributed by atoms with Gasteiger partial charge in [0, 0.05) is 17.0 Å². The van der Waals surface area contributed by atoms with E-state index in [9.17, 15) is 4.39 Å². The van der Waals surface area contributed by atoms with Gasteiger partial charge >= 0.3 is 0 Å². The van der Waals surface area contributed by atoms with E-state index in [1.165, 1.54) is 0 Å². The highest BCUT2D eigenvalue weighted by molar-refractivity contribution is 4.85. The van der Waals surface area contributed by atoms with E-state index in [-0.39, 0.29) is 18.5 Å². The summed E-state index contributed by atoms with van der Waals surface area (Å²) in [5, 5.41) is 3.45. The SMILES string of the molecule is [N-]=[N+]=N[C@H]1CC[C@H](N)[C@@H](F)C1. The van der Waals surface area contributed by atoms with Gasteiger partial charge in [-0.3, -0.25) is 0 Å². The van der Waals surface area contributed by atoms with Crippen LogP contribution in [0.5, 0.6) is 0 Å². The van der Waals surface area contributed by atoms with Crippen molar-refractivity contribution in [2.45, 2.75) is 37.5 Å². The molecule has 0 saturated heterocycles. The van der Waals surface area contributed by atoms with Crippen molar-refractivity contribution in [2.75, 3.05) is 0 Å². The molecule has 11 heavy (non-hydrogen) atoms. The summed E-state index contributed by atoms with van der Waals surface area (Å²) in [6.07, 6.45) is 0.612. The van der Waals surface area contributed by atoms with Gasteiger partial charge in [-0.2, -0.15) is 0 Å². The van der Waals surface area contributed by atoms with E-state index in [4.69, 9.17) is 11.3 Å². The van der Waals surface area contributed by atoms with E-state index in [1.54, 1.807) is 0 Å². The van der Waals surface area contributed by atoms with E-state index in [0.29, 0.717) is 12.8 Å². The molecule has 0 amide bonds. The third-order valence-corrected chi connectivity index (χ3v) is 2.01. The van der Waals surface area contributed by atoms with Gasteiger partial charge in [0.2, 0.25) is 0 Å². The topological polar surface area (TPSA) is 74.8 Å². The second-order valence-electron chi connectivity index (χ2n) is 2.85. The number of halogens is 1. The molecule has 1 aliphatic carbocycles. The van der Waals surface area contributed by atoms with Crippen molar-refractivity contribution >= 4 is 0 Å². The fourth-order valence-corrected chi connectivity index (χ4v) is 1.30. The van der Waals surface area contributed by atoms with Crippen LogP contribution in [0, 0.1) is 0 Å². The molecule has 0 spiro atoms. The van der Waals surface area contributed by atoms with Gasteiger partial charge in [-0.1, -0.05) is 5.11 Å². The molecule has 0 aromatic heterocycles. The van der Waals surface area contributed by atoms with Gasteiger partial charge in [-0.15, -0.1) is 0 Å². The maximum Gasteiger partial charge on any atom is 0.116 e. The molecule has 5 heteroatoms. The van der Waals surface area contributed by atoms with Gasteiger partial charge in [-0.25, -0.2) is 4.39 Å². The van der Waals surface area contributed by atoms with Crippen molar-refractivity contribution in [3.8, 4) is 0 Å². The summed E-state index contributed by atoms with van der Waals surface area (Å²) in [7, 11) is 0. The minimum Gasteiger partial charge on any atom is -0.325 e. The standard InChI is InChI=1S/C6H11FN4/c7-5-3-4(10-11-9)1-2-6(5)8/h4-6H,1-3,8H2/t4-,5-,6-/m0/s1. The Balaban J connectivity index is 2.45. The summed E-state index contributed by atoms with van der Waals surface area (Å²) < 4.78 is 12.8. The van der Waals surface area contributed by atoms with E-state index >= 15 is 0 Å². The monoisotopic (exact) mass is 158 g/mol. The molecule has 1 fully saturated rings. The van der Waals surface area contributed by atoms with Gasteiger partial charge < -0.3 is 5.73 Å². The molecule has 2 N–H and O–H groups in total. The summed E-state index contributed by atoms with van der Waals surface area (Å²) in [5.41, 5.74) is 13.5. The number of nitrogens with two attached hydrogens (primary N) is 1. The van der Waals surface area contributed by atoms with Crippen molar-refractivity contribution in [3.05, 3.63) is 10.4 Å². The fourth-order valence-electron chi connectivity index (χ4n) is 1.30. The molecule has 0 radical (unpaired) electrons. The zero-order chi connectivity index (χ0) is 8.27. The summed E-state index contributed by atoms with van der Waals surface area (Å²) >= 11 is 0. The lowest BCUT2D eigenvalue weighted by Crippen LogP contribution is -2.38. The largest absolute Gasteiger partial charge is 0.325 e. The van der Waals surface area contributed by atoms with Crippen molar-refractivity contribution < 1.29 is 4.39 Å². The maximum atomic E-state index is 12.8. The Labute approximate surface area is 64.2 Å². The van der Waals surface area contributed by atoms with Crippen molar-refractivity contribution in [1.82, 2.24) is 0 Å². The van der Waals surface area contributed by atoms with E-state index < -0.39 is 6.17 Å². The predicted molar refractivity (Wildman–Crippen MR) is 39.7 cm³/mol. The molecule has 3 atom stereocenters. The van der Waals surface area contributed by atoms with Crippen LogP contribution >= 0.6 is 0 Å². The van der Waals surface area contributed by atoms with Crippen LogP contribution in [0.1, 0.15) is 19.3 Å². The first kappa shape index (κ1) is 8.30. The Morgan fingerprint density at radius 3 is 2.82 bits per heavy atom. The lowest BCUT2D eigenvalue weighted by molar-refractivity contribution is 0.201. The lowest BCUT2D eigenvalue weighted by atomic mass is 9.91. The molecular formula is C6H11FN4. The number of nitrogens with zero attached hydrogens (tertiary/aromatic N) is 3. The Morgan fingerprint density at radius 1 is 1.55 bits per heavy atom. The molecule has 62 valence electrons. The number of hydrogen-bond acceptors (Lipinski definition) is 2. The average Bonchev–Trinajstić information content (AvgIpc) is 1.98. The van der Waals surface area contributed by atoms with Gasteiger partial charge in [0.1, 0.15) is 6.17 Å². The third kappa shape index (κ3) is 2.06. The van der Waals surface area contributed by atoms with Crippen LogP contribution in [-0.4, -0.2) is 18.3 Å². The second kappa shape index (κ2) is 3.55. The van der Waals surface area contributed by atoms with E-state index in [1.807, 2.05) is 0 Å². The first-order valence-corrected chi connectivity index (χ1v) is 3.68. The van der Waals surface area contributed by atoms with Crippen LogP contribution in [-0.2, 0) is 0 Å². The van der Waals surface area contributed by atoms with Crippen molar-refractivity contribution in [2.24, 2.45) is 10.8 Å². The smallest absolute Gasteiger partial charge is 0.116 e. The van der Waals surface area contributed by atoms with Gasteiger partial charge in [0.15, 0.2) is 0 Å². The van der Waals surface area contributed by atoms with Crippen LogP contribution in [0.4, 0.5) is 4.39 Å². The van der Waals surface area contributed by atoms with Crippen LogP contribution < -0.4 is 5.73 Å². The average molecular weight is 158 g/mol. The minimum atomic E-state index is -1.00. The van der Waals surface area contributed by atoms with E-state index in [2.05, 4.69) is 10.0 Å². The van der Waals surface area contributed by atoms with Crippen LogP contribution in [0.15, 0.2) is 5.11 Å². The quantitative estimate of drug-likeness (QED) is 0.350. The normalized spacial score (nSPS) is 37.8. The Hall–Kier alpha value is -0.800. The highest BCUT2D eigenvalue weighted by Gasteiger charge is 2.26. The number of rotatable bonds is 1. The molecule has 1 aliphatic rings. The lowest BCUT2D eigenvalue weighted by Gasteiger charge is -2.26. The molecule has 0 heterocycles. The van der Waals surface area contributed by atoms with Crippen LogP contribution in [0.25, 0.3) is 10.4 Å². The molecule has 0 aromatic rings. The highest BCUT2D eigenvalue weighted by Crippen LogP contribution is 2.22. The zero-order valence-corrected chi connectivity index (χ0v) is 6.15. The summed E-state index contributed by atoms with van der Waals surface area (Å²) in [6, 6.07) is -0.546. The molecule has 1 saturated carbocycles. The van der Waals surface area contributed by atoms with Crippen molar-refractivity contribution in [3.63, 3.8) is 0 Å². The highest BCUT2D eigenvalue weighted by atomic mass is 19.1. The zero-order valence-electron chi connectivity index (χ0n) is 6.15. The molecule has 0 aromatic carbocycles. The molecule has 0 bridgehead atoms. The first-order chi connectivity index (χ1) is 5.24. The Kier molecular flexibility index (Phi) is 2.68. The summed E-state index contributed by atoms with van der Waals surface area (Å²) in [6.45, 7) is 0. The molecule has 0 unspecified atom stereocenters. The number of azide groups is 1. The van der Waals surface area contributed by atoms with E-state index in [0.717, 1.165) is 0 Å². The first-order valence-electron chi connectivity index (χ1n) is 3.68. The molecule has 0 aliphatic heterocycles. The Morgan fingerprint density at radius 2 is 2.27 bits per heavy atom. The molecule has 4 nitrogen and oxygen atoms in total. The minimum absolute atomic E-state index is 0.185. The van der Waals surface area contributed by atoms with Gasteiger partial charge in [0.25, 0.3) is 0 Å². The molecule has 1 rings (SSSR count). The Bertz CT molecular complexity index is 177. The summed E-state index contributed by atoms with van der Waals surface area (Å²) in [5.74, 6) is 0. The van der Waals surface area contributed by atoms with Crippen molar-refractivity contribution in [1.29, 1.82) is 0 Å². The van der Waals surface area contributed by atoms with Crippen LogP contribution in [0.2, 0.25) is 0 Å². The van der Waals surface area contributed by atoms with Gasteiger partial charge in [-0.05, 0) is 24.8 Å². The fraction of sp³-hybridized carbons (Fsp3) is 1.00. The molecular weight excluding hydrogens is 147 g/mol. The summed E-state index contributed by atoms with van der Waals surface area (Å²) in [4.78, 5) is 2.64. The number of alkyl halides is 1. The second-order valence-corrected chi connectivity index (χ2v) is 2.85. The van der Waals surface area contributed by atoms with Crippen LogP contribution in [0.3, 0.4) is 0 Å². The number of hydrogen-bond donors (Lipinski definition) is 1. The van der Waals surface area contributed by atoms with Gasteiger partial charge in [0.05, 0.1) is 0 Å². The predicted octanol–water partition coefficient (Wildman–Crippen LogP) is 1.51.